The van der Waals surface area contributed by atoms with Gasteiger partial charge in [0.25, 0.3) is 0 Å². The average Bonchev–Trinajstić information content (AvgIpc) is 3.09. The van der Waals surface area contributed by atoms with E-state index in [0.29, 0.717) is 18.0 Å². The maximum absolute atomic E-state index is 13.0. The van der Waals surface area contributed by atoms with Crippen LogP contribution in [0.5, 0.6) is 5.75 Å². The summed E-state index contributed by atoms with van der Waals surface area (Å²) in [5.74, 6) is 1.11. The van der Waals surface area contributed by atoms with Gasteiger partial charge in [-0.1, -0.05) is 35.9 Å². The normalized spacial score (nSPS) is 19.4. The first-order valence-corrected chi connectivity index (χ1v) is 9.09. The molecule has 2 aliphatic heterocycles. The molecule has 1 amide bonds. The van der Waals surface area contributed by atoms with Crippen LogP contribution in [-0.4, -0.2) is 37.0 Å². The molecule has 0 aromatic heterocycles. The predicted molar refractivity (Wildman–Crippen MR) is 98.1 cm³/mol. The van der Waals surface area contributed by atoms with E-state index >= 15 is 0 Å². The van der Waals surface area contributed by atoms with E-state index < -0.39 is 0 Å². The average molecular weight is 357 g/mol. The van der Waals surface area contributed by atoms with Crippen LogP contribution in [-0.2, 0) is 17.6 Å². The number of amides is 1. The Morgan fingerprint density at radius 3 is 3.08 bits per heavy atom. The second kappa shape index (κ2) is 7.06. The summed E-state index contributed by atoms with van der Waals surface area (Å²) < 4.78 is 5.54. The molecule has 2 aromatic carbocycles. The highest BCUT2D eigenvalue weighted by atomic mass is 35.5. The molecule has 1 saturated heterocycles. The van der Waals surface area contributed by atoms with Crippen molar-refractivity contribution >= 4 is 17.5 Å². The number of benzene rings is 2. The molecule has 0 bridgehead atoms. The van der Waals surface area contributed by atoms with Gasteiger partial charge in [-0.05, 0) is 34.9 Å². The lowest BCUT2D eigenvalue weighted by molar-refractivity contribution is -0.133. The monoisotopic (exact) mass is 356 g/mol. The van der Waals surface area contributed by atoms with Gasteiger partial charge in [0.05, 0.1) is 19.1 Å². The van der Waals surface area contributed by atoms with Crippen molar-refractivity contribution in [2.45, 2.75) is 18.9 Å². The number of ether oxygens (including phenoxy) is 1. The number of carbonyl (C=O) groups is 1. The van der Waals surface area contributed by atoms with Crippen LogP contribution in [0.3, 0.4) is 0 Å². The largest absolute Gasteiger partial charge is 0.493 e. The van der Waals surface area contributed by atoms with Crippen LogP contribution < -0.4 is 10.1 Å². The summed E-state index contributed by atoms with van der Waals surface area (Å²) in [4.78, 5) is 14.9. The molecular formula is C20H21ClN2O2. The second-order valence-electron chi connectivity index (χ2n) is 6.58. The molecule has 4 nitrogen and oxygen atoms in total. The summed E-state index contributed by atoms with van der Waals surface area (Å²) in [6.07, 6.45) is 1.35. The zero-order valence-corrected chi connectivity index (χ0v) is 14.8. The van der Waals surface area contributed by atoms with E-state index in [4.69, 9.17) is 16.3 Å². The van der Waals surface area contributed by atoms with Crippen LogP contribution in [0.4, 0.5) is 0 Å². The van der Waals surface area contributed by atoms with Crippen molar-refractivity contribution in [2.24, 2.45) is 0 Å². The smallest absolute Gasteiger partial charge is 0.227 e. The Kier molecular flexibility index (Phi) is 4.64. The van der Waals surface area contributed by atoms with Crippen LogP contribution in [0.2, 0.25) is 5.02 Å². The van der Waals surface area contributed by atoms with Crippen molar-refractivity contribution in [1.82, 2.24) is 10.2 Å². The number of hydrogen-bond donors (Lipinski definition) is 1. The van der Waals surface area contributed by atoms with Crippen molar-refractivity contribution in [3.63, 3.8) is 0 Å². The van der Waals surface area contributed by atoms with E-state index in [1.165, 1.54) is 5.56 Å². The SMILES string of the molecule is O=C(Cc1ccc2c(c1)CCO2)N1CCNCC1c1cccc(Cl)c1. The van der Waals surface area contributed by atoms with Crippen molar-refractivity contribution in [2.75, 3.05) is 26.2 Å². The quantitative estimate of drug-likeness (QED) is 0.919. The number of rotatable bonds is 3. The van der Waals surface area contributed by atoms with Crippen molar-refractivity contribution in [3.05, 3.63) is 64.2 Å². The highest BCUT2D eigenvalue weighted by Gasteiger charge is 2.28. The summed E-state index contributed by atoms with van der Waals surface area (Å²) >= 11 is 6.14. The van der Waals surface area contributed by atoms with Crippen LogP contribution in [0.1, 0.15) is 22.7 Å². The lowest BCUT2D eigenvalue weighted by Crippen LogP contribution is -2.49. The van der Waals surface area contributed by atoms with Gasteiger partial charge in [0.15, 0.2) is 0 Å². The molecule has 0 saturated carbocycles. The van der Waals surface area contributed by atoms with Crippen molar-refractivity contribution < 1.29 is 9.53 Å². The first-order valence-electron chi connectivity index (χ1n) is 8.71. The Morgan fingerprint density at radius 1 is 1.28 bits per heavy atom. The number of nitrogens with one attached hydrogen (secondary N) is 1. The third-order valence-corrected chi connectivity index (χ3v) is 5.14. The molecule has 1 unspecified atom stereocenters. The molecule has 1 atom stereocenters. The molecule has 2 aliphatic rings. The Hall–Kier alpha value is -2.04. The first-order chi connectivity index (χ1) is 12.2. The van der Waals surface area contributed by atoms with E-state index in [0.717, 1.165) is 43.0 Å². The van der Waals surface area contributed by atoms with Gasteiger partial charge < -0.3 is 15.0 Å². The molecular weight excluding hydrogens is 336 g/mol. The Bertz CT molecular complexity index is 793. The molecule has 0 spiro atoms. The van der Waals surface area contributed by atoms with Crippen molar-refractivity contribution in [1.29, 1.82) is 0 Å². The van der Waals surface area contributed by atoms with Crippen molar-refractivity contribution in [3.8, 4) is 5.75 Å². The number of halogens is 1. The number of piperazine rings is 1. The third kappa shape index (κ3) is 3.51. The molecule has 2 heterocycles. The summed E-state index contributed by atoms with van der Waals surface area (Å²) in [5, 5.41) is 4.08. The van der Waals surface area contributed by atoms with Crippen LogP contribution in [0, 0.1) is 0 Å². The van der Waals surface area contributed by atoms with E-state index in [2.05, 4.69) is 11.4 Å². The van der Waals surface area contributed by atoms with Crippen LogP contribution >= 0.6 is 11.6 Å². The lowest BCUT2D eigenvalue weighted by Gasteiger charge is -2.36. The molecule has 25 heavy (non-hydrogen) atoms. The molecule has 0 aliphatic carbocycles. The molecule has 4 rings (SSSR count). The minimum absolute atomic E-state index is 0.0257. The number of hydrogen-bond acceptors (Lipinski definition) is 3. The van der Waals surface area contributed by atoms with E-state index in [-0.39, 0.29) is 11.9 Å². The first kappa shape index (κ1) is 16.4. The zero-order valence-electron chi connectivity index (χ0n) is 14.0. The highest BCUT2D eigenvalue weighted by Crippen LogP contribution is 2.28. The standard InChI is InChI=1S/C20H21ClN2O2/c21-17-3-1-2-15(12-17)18-13-22-7-8-23(18)20(24)11-14-4-5-19-16(10-14)6-9-25-19/h1-5,10,12,18,22H,6-9,11,13H2. The fourth-order valence-electron chi connectivity index (χ4n) is 3.64. The predicted octanol–water partition coefficient (Wildman–Crippen LogP) is 2.99. The zero-order chi connectivity index (χ0) is 17.2. The molecule has 0 radical (unpaired) electrons. The topological polar surface area (TPSA) is 41.6 Å². The van der Waals surface area contributed by atoms with Crippen LogP contribution in [0.15, 0.2) is 42.5 Å². The van der Waals surface area contributed by atoms with Gasteiger partial charge >= 0.3 is 0 Å². The summed E-state index contributed by atoms with van der Waals surface area (Å²) in [6, 6.07) is 13.9. The molecule has 5 heteroatoms. The maximum atomic E-state index is 13.0. The highest BCUT2D eigenvalue weighted by molar-refractivity contribution is 6.30. The van der Waals surface area contributed by atoms with E-state index in [1.54, 1.807) is 0 Å². The van der Waals surface area contributed by atoms with E-state index in [1.807, 2.05) is 41.3 Å². The Balaban J connectivity index is 1.53. The third-order valence-electron chi connectivity index (χ3n) is 4.91. The van der Waals surface area contributed by atoms with Gasteiger partial charge in [0, 0.05) is 31.1 Å². The summed E-state index contributed by atoms with van der Waals surface area (Å²) in [5.41, 5.74) is 3.34. The van der Waals surface area contributed by atoms with Gasteiger partial charge in [0.1, 0.15) is 5.75 Å². The molecule has 130 valence electrons. The molecule has 1 fully saturated rings. The second-order valence-corrected chi connectivity index (χ2v) is 7.02. The minimum atomic E-state index is 0.0257. The Morgan fingerprint density at radius 2 is 2.20 bits per heavy atom. The maximum Gasteiger partial charge on any atom is 0.227 e. The van der Waals surface area contributed by atoms with Gasteiger partial charge in [-0.3, -0.25) is 4.79 Å². The van der Waals surface area contributed by atoms with Gasteiger partial charge in [-0.15, -0.1) is 0 Å². The summed E-state index contributed by atoms with van der Waals surface area (Å²) in [7, 11) is 0. The number of fused-ring (bicyclic) bond motifs is 1. The molecule has 2 aromatic rings. The number of nitrogens with zero attached hydrogens (tertiary/aromatic N) is 1. The fraction of sp³-hybridized carbons (Fsp3) is 0.350. The van der Waals surface area contributed by atoms with Gasteiger partial charge in [-0.25, -0.2) is 0 Å². The van der Waals surface area contributed by atoms with E-state index in [9.17, 15) is 4.79 Å². The fourth-order valence-corrected chi connectivity index (χ4v) is 3.84. The minimum Gasteiger partial charge on any atom is -0.493 e. The van der Waals surface area contributed by atoms with Gasteiger partial charge in [0.2, 0.25) is 5.91 Å². The van der Waals surface area contributed by atoms with Crippen LogP contribution in [0.25, 0.3) is 0 Å². The Labute approximate surface area is 152 Å². The number of carbonyl (C=O) groups excluding carboxylic acids is 1. The van der Waals surface area contributed by atoms with Gasteiger partial charge in [-0.2, -0.15) is 0 Å². The molecule has 1 N–H and O–H groups in total. The lowest BCUT2D eigenvalue weighted by atomic mass is 10.0. The summed E-state index contributed by atoms with van der Waals surface area (Å²) in [6.45, 7) is 3.02.